The van der Waals surface area contributed by atoms with Crippen LogP contribution in [0.1, 0.15) is 26.3 Å². The third-order valence-corrected chi connectivity index (χ3v) is 3.10. The van der Waals surface area contributed by atoms with Crippen LogP contribution in [-0.4, -0.2) is 24.0 Å². The van der Waals surface area contributed by atoms with Crippen LogP contribution in [0.25, 0.3) is 5.57 Å². The lowest BCUT2D eigenvalue weighted by atomic mass is 10.0. The SMILES string of the molecule is CC(C)(C)OC(=O)CN1C(=O)C(=C(C#N)C#N)c2ccccc21. The van der Waals surface area contributed by atoms with Gasteiger partial charge in [-0.3, -0.25) is 14.5 Å². The molecule has 116 valence electrons. The number of nitriles is 2. The zero-order valence-electron chi connectivity index (χ0n) is 13.1. The molecule has 1 aromatic rings. The summed E-state index contributed by atoms with van der Waals surface area (Å²) in [4.78, 5) is 25.8. The molecule has 0 fully saturated rings. The first-order valence-electron chi connectivity index (χ1n) is 6.96. The minimum absolute atomic E-state index is 0.0224. The van der Waals surface area contributed by atoms with Gasteiger partial charge in [-0.25, -0.2) is 0 Å². The van der Waals surface area contributed by atoms with Crippen LogP contribution in [0.4, 0.5) is 5.69 Å². The first-order valence-corrected chi connectivity index (χ1v) is 6.96. The van der Waals surface area contributed by atoms with Crippen LogP contribution < -0.4 is 4.90 Å². The zero-order chi connectivity index (χ0) is 17.2. The molecule has 0 aromatic heterocycles. The average Bonchev–Trinajstić information content (AvgIpc) is 2.73. The monoisotopic (exact) mass is 309 g/mol. The van der Waals surface area contributed by atoms with Crippen LogP contribution >= 0.6 is 0 Å². The molecule has 1 heterocycles. The Morgan fingerprint density at radius 2 is 1.83 bits per heavy atom. The number of rotatable bonds is 2. The number of ether oxygens (including phenoxy) is 1. The molecule has 1 aromatic carbocycles. The lowest BCUT2D eigenvalue weighted by molar-refractivity contribution is -0.153. The van der Waals surface area contributed by atoms with Crippen LogP contribution in [0, 0.1) is 22.7 Å². The molecule has 0 aliphatic carbocycles. The summed E-state index contributed by atoms with van der Waals surface area (Å²) in [6, 6.07) is 10.2. The number of nitrogens with zero attached hydrogens (tertiary/aromatic N) is 3. The fourth-order valence-electron chi connectivity index (χ4n) is 2.32. The summed E-state index contributed by atoms with van der Waals surface area (Å²) in [6.45, 7) is 4.93. The number of anilines is 1. The molecule has 0 saturated heterocycles. The molecule has 2 rings (SSSR count). The lowest BCUT2D eigenvalue weighted by Gasteiger charge is -2.22. The van der Waals surface area contributed by atoms with E-state index in [0.717, 1.165) is 0 Å². The Bertz CT molecular complexity index is 773. The first-order chi connectivity index (χ1) is 10.8. The number of amides is 1. The quantitative estimate of drug-likeness (QED) is 0.474. The molecule has 0 bridgehead atoms. The Labute approximate surface area is 134 Å². The Kier molecular flexibility index (Phi) is 4.20. The number of fused-ring (bicyclic) bond motifs is 1. The van der Waals surface area contributed by atoms with Gasteiger partial charge in [0.25, 0.3) is 5.91 Å². The van der Waals surface area contributed by atoms with Crippen molar-refractivity contribution in [1.29, 1.82) is 10.5 Å². The summed E-state index contributed by atoms with van der Waals surface area (Å²) in [7, 11) is 0. The topological polar surface area (TPSA) is 94.2 Å². The molecule has 0 spiro atoms. The molecule has 0 N–H and O–H groups in total. The number of hydrogen-bond donors (Lipinski definition) is 0. The van der Waals surface area contributed by atoms with Gasteiger partial charge in [-0.15, -0.1) is 0 Å². The molecular formula is C17H15N3O3. The van der Waals surface area contributed by atoms with E-state index in [0.29, 0.717) is 11.3 Å². The van der Waals surface area contributed by atoms with Crippen LogP contribution in [0.3, 0.4) is 0 Å². The fourth-order valence-corrected chi connectivity index (χ4v) is 2.32. The van der Waals surface area contributed by atoms with E-state index in [1.165, 1.54) is 4.90 Å². The number of allylic oxidation sites excluding steroid dienone is 1. The zero-order valence-corrected chi connectivity index (χ0v) is 13.1. The highest BCUT2D eigenvalue weighted by Gasteiger charge is 2.36. The summed E-state index contributed by atoms with van der Waals surface area (Å²) in [6.07, 6.45) is 0. The highest BCUT2D eigenvalue weighted by molar-refractivity contribution is 6.34. The van der Waals surface area contributed by atoms with Gasteiger partial charge in [0.2, 0.25) is 0 Å². The summed E-state index contributed by atoms with van der Waals surface area (Å²) >= 11 is 0. The second-order valence-electron chi connectivity index (χ2n) is 5.97. The van der Waals surface area contributed by atoms with Crippen molar-refractivity contribution >= 4 is 23.1 Å². The van der Waals surface area contributed by atoms with Gasteiger partial charge < -0.3 is 4.74 Å². The van der Waals surface area contributed by atoms with Crippen molar-refractivity contribution < 1.29 is 14.3 Å². The van der Waals surface area contributed by atoms with Crippen LogP contribution in [0.2, 0.25) is 0 Å². The number of hydrogen-bond acceptors (Lipinski definition) is 5. The van der Waals surface area contributed by atoms with Crippen molar-refractivity contribution in [3.8, 4) is 12.1 Å². The third-order valence-electron chi connectivity index (χ3n) is 3.10. The second-order valence-corrected chi connectivity index (χ2v) is 5.97. The molecule has 0 unspecified atom stereocenters. The van der Waals surface area contributed by atoms with Gasteiger partial charge in [0.05, 0.1) is 11.3 Å². The number of carbonyl (C=O) groups excluding carboxylic acids is 2. The van der Waals surface area contributed by atoms with E-state index in [2.05, 4.69) is 0 Å². The van der Waals surface area contributed by atoms with Crippen LogP contribution in [0.5, 0.6) is 0 Å². The van der Waals surface area contributed by atoms with E-state index < -0.39 is 17.5 Å². The van der Waals surface area contributed by atoms with Gasteiger partial charge in [0.1, 0.15) is 29.9 Å². The van der Waals surface area contributed by atoms with Crippen molar-refractivity contribution in [2.24, 2.45) is 0 Å². The van der Waals surface area contributed by atoms with E-state index in [4.69, 9.17) is 15.3 Å². The largest absolute Gasteiger partial charge is 0.459 e. The molecule has 23 heavy (non-hydrogen) atoms. The maximum atomic E-state index is 12.6. The van der Waals surface area contributed by atoms with Crippen molar-refractivity contribution in [3.05, 3.63) is 35.4 Å². The Balaban J connectivity index is 2.43. The highest BCUT2D eigenvalue weighted by atomic mass is 16.6. The van der Waals surface area contributed by atoms with Crippen molar-refractivity contribution in [2.45, 2.75) is 26.4 Å². The molecule has 1 aliphatic rings. The van der Waals surface area contributed by atoms with Crippen molar-refractivity contribution in [1.82, 2.24) is 0 Å². The van der Waals surface area contributed by atoms with Gasteiger partial charge in [-0.05, 0) is 26.8 Å². The van der Waals surface area contributed by atoms with Gasteiger partial charge in [0.15, 0.2) is 0 Å². The minimum Gasteiger partial charge on any atom is -0.459 e. The molecule has 1 amide bonds. The predicted molar refractivity (Wildman–Crippen MR) is 82.8 cm³/mol. The smallest absolute Gasteiger partial charge is 0.326 e. The number of benzene rings is 1. The van der Waals surface area contributed by atoms with Gasteiger partial charge in [-0.2, -0.15) is 10.5 Å². The van der Waals surface area contributed by atoms with E-state index in [1.807, 2.05) is 0 Å². The first kappa shape index (κ1) is 16.3. The highest BCUT2D eigenvalue weighted by Crippen LogP contribution is 2.38. The van der Waals surface area contributed by atoms with Gasteiger partial charge in [-0.1, -0.05) is 18.2 Å². The molecule has 0 radical (unpaired) electrons. The summed E-state index contributed by atoms with van der Waals surface area (Å²) in [5.41, 5.74) is 0.0477. The number of para-hydroxylation sites is 1. The van der Waals surface area contributed by atoms with E-state index in [1.54, 1.807) is 57.2 Å². The van der Waals surface area contributed by atoms with Gasteiger partial charge in [0, 0.05) is 5.56 Å². The standard InChI is InChI=1S/C17H15N3O3/c1-17(2,3)23-14(21)10-20-13-7-5-4-6-12(13)15(16(20)22)11(8-18)9-19/h4-7H,10H2,1-3H3. The van der Waals surface area contributed by atoms with Crippen molar-refractivity contribution in [2.75, 3.05) is 11.4 Å². The fraction of sp³-hybridized carbons (Fsp3) is 0.294. The molecule has 1 aliphatic heterocycles. The summed E-state index contributed by atoms with van der Waals surface area (Å²) in [5.74, 6) is -1.10. The number of carbonyl (C=O) groups is 2. The van der Waals surface area contributed by atoms with Gasteiger partial charge >= 0.3 is 5.97 Å². The predicted octanol–water partition coefficient (Wildman–Crippen LogP) is 2.18. The average molecular weight is 309 g/mol. The molecule has 6 heteroatoms. The normalized spacial score (nSPS) is 13.2. The van der Waals surface area contributed by atoms with Crippen molar-refractivity contribution in [3.63, 3.8) is 0 Å². The molecule has 0 atom stereocenters. The minimum atomic E-state index is -0.664. The van der Waals surface area contributed by atoms with E-state index in [-0.39, 0.29) is 17.7 Å². The van der Waals surface area contributed by atoms with E-state index >= 15 is 0 Å². The summed E-state index contributed by atoms with van der Waals surface area (Å²) in [5, 5.41) is 18.1. The number of esters is 1. The second kappa shape index (κ2) is 5.94. The Morgan fingerprint density at radius 1 is 1.22 bits per heavy atom. The molecule has 0 saturated carbocycles. The maximum absolute atomic E-state index is 12.6. The van der Waals surface area contributed by atoms with Crippen LogP contribution in [0.15, 0.2) is 29.8 Å². The Hall–Kier alpha value is -3.12. The maximum Gasteiger partial charge on any atom is 0.326 e. The molecular weight excluding hydrogens is 294 g/mol. The molecule has 6 nitrogen and oxygen atoms in total. The lowest BCUT2D eigenvalue weighted by Crippen LogP contribution is -2.36. The van der Waals surface area contributed by atoms with E-state index in [9.17, 15) is 9.59 Å². The summed E-state index contributed by atoms with van der Waals surface area (Å²) < 4.78 is 5.23. The third kappa shape index (κ3) is 3.22. The Morgan fingerprint density at radius 3 is 2.39 bits per heavy atom. The van der Waals surface area contributed by atoms with Crippen LogP contribution in [-0.2, 0) is 14.3 Å².